The summed E-state index contributed by atoms with van der Waals surface area (Å²) in [5.41, 5.74) is 0.536. The zero-order valence-corrected chi connectivity index (χ0v) is 17.0. The van der Waals surface area contributed by atoms with Crippen LogP contribution in [0.15, 0.2) is 4.52 Å². The average Bonchev–Trinajstić information content (AvgIpc) is 3.06. The fourth-order valence-electron chi connectivity index (χ4n) is 6.55. The minimum absolute atomic E-state index is 0.0957. The van der Waals surface area contributed by atoms with E-state index in [1.165, 1.54) is 25.7 Å². The molecule has 1 aromatic rings. The van der Waals surface area contributed by atoms with E-state index in [1.54, 1.807) is 0 Å². The number of rotatable bonds is 4. The monoisotopic (exact) mass is 385 g/mol. The van der Waals surface area contributed by atoms with Crippen LogP contribution < -0.4 is 10.2 Å². The molecule has 1 spiro atoms. The van der Waals surface area contributed by atoms with Gasteiger partial charge in [0.2, 0.25) is 5.91 Å². The van der Waals surface area contributed by atoms with E-state index in [0.29, 0.717) is 47.0 Å². The van der Waals surface area contributed by atoms with Crippen LogP contribution in [0, 0.1) is 30.1 Å². The highest BCUT2D eigenvalue weighted by atomic mass is 16.5. The van der Waals surface area contributed by atoms with Crippen LogP contribution in [0.25, 0.3) is 0 Å². The van der Waals surface area contributed by atoms with Gasteiger partial charge >= 0.3 is 6.01 Å². The second kappa shape index (κ2) is 5.71. The maximum atomic E-state index is 12.6. The summed E-state index contributed by atoms with van der Waals surface area (Å²) in [6.07, 6.45) is 7.44. The van der Waals surface area contributed by atoms with Crippen molar-refractivity contribution in [2.45, 2.75) is 64.0 Å². The number of amides is 1. The molecule has 6 rings (SSSR count). The molecule has 1 aromatic heterocycles. The average molecular weight is 386 g/mol. The maximum Gasteiger partial charge on any atom is 0.324 e. The van der Waals surface area contributed by atoms with Crippen molar-refractivity contribution < 1.29 is 9.32 Å². The number of carbonyl (C=O) groups is 1. The van der Waals surface area contributed by atoms with E-state index in [1.807, 2.05) is 6.92 Å². The van der Waals surface area contributed by atoms with Crippen LogP contribution in [0.5, 0.6) is 0 Å². The fourth-order valence-corrected chi connectivity index (χ4v) is 6.55. The second-order valence-electron chi connectivity index (χ2n) is 10.6. The lowest BCUT2D eigenvalue weighted by Crippen LogP contribution is -2.56. The molecule has 3 heterocycles. The summed E-state index contributed by atoms with van der Waals surface area (Å²) < 4.78 is 5.31. The maximum absolute atomic E-state index is 12.6. The summed E-state index contributed by atoms with van der Waals surface area (Å²) in [7, 11) is 0. The van der Waals surface area contributed by atoms with E-state index in [9.17, 15) is 4.79 Å². The Bertz CT molecular complexity index is 784. The Kier molecular flexibility index (Phi) is 3.52. The molecule has 0 radical (unpaired) electrons. The van der Waals surface area contributed by atoms with Crippen LogP contribution in [0.4, 0.5) is 6.01 Å². The highest BCUT2D eigenvalue weighted by Crippen LogP contribution is 2.55. The third kappa shape index (κ3) is 2.61. The van der Waals surface area contributed by atoms with Crippen LogP contribution in [0.1, 0.15) is 51.3 Å². The number of anilines is 1. The molecular weight excluding hydrogens is 354 g/mol. The Labute approximate surface area is 166 Å². The van der Waals surface area contributed by atoms with E-state index >= 15 is 0 Å². The molecule has 5 aliphatic rings. The van der Waals surface area contributed by atoms with Crippen LogP contribution in [-0.2, 0) is 4.79 Å². The summed E-state index contributed by atoms with van der Waals surface area (Å²) in [4.78, 5) is 21.9. The molecule has 2 aliphatic heterocycles. The first kappa shape index (κ1) is 17.2. The Hall–Kier alpha value is -1.63. The third-order valence-electron chi connectivity index (χ3n) is 8.44. The molecule has 0 aromatic carbocycles. The van der Waals surface area contributed by atoms with Crippen LogP contribution in [-0.4, -0.2) is 58.7 Å². The molecule has 4 atom stereocenters. The molecular formula is C21H31N5O2. The Balaban J connectivity index is 0.999. The van der Waals surface area contributed by atoms with Gasteiger partial charge in [-0.05, 0) is 64.2 Å². The van der Waals surface area contributed by atoms with Gasteiger partial charge in [-0.3, -0.25) is 9.69 Å². The highest BCUT2D eigenvalue weighted by molar-refractivity contribution is 5.83. The molecule has 1 amide bonds. The van der Waals surface area contributed by atoms with Gasteiger partial charge in [0.1, 0.15) is 0 Å². The summed E-state index contributed by atoms with van der Waals surface area (Å²) in [6, 6.07) is 1.38. The lowest BCUT2D eigenvalue weighted by atomic mass is 9.78. The first-order valence-corrected chi connectivity index (χ1v) is 11.1. The number of aromatic nitrogens is 2. The lowest BCUT2D eigenvalue weighted by molar-refractivity contribution is -0.126. The molecule has 7 nitrogen and oxygen atoms in total. The Morgan fingerprint density at radius 3 is 2.57 bits per heavy atom. The van der Waals surface area contributed by atoms with Crippen molar-refractivity contribution in [3.05, 3.63) is 5.82 Å². The van der Waals surface area contributed by atoms with Crippen molar-refractivity contribution in [2.75, 3.05) is 31.1 Å². The number of hydrogen-bond acceptors (Lipinski definition) is 6. The van der Waals surface area contributed by atoms with Gasteiger partial charge in [0.25, 0.3) is 0 Å². The topological polar surface area (TPSA) is 74.5 Å². The van der Waals surface area contributed by atoms with Crippen LogP contribution in [0.2, 0.25) is 0 Å². The van der Waals surface area contributed by atoms with Crippen molar-refractivity contribution in [1.29, 1.82) is 0 Å². The van der Waals surface area contributed by atoms with Gasteiger partial charge < -0.3 is 14.7 Å². The second-order valence-corrected chi connectivity index (χ2v) is 10.6. The van der Waals surface area contributed by atoms with E-state index in [-0.39, 0.29) is 5.54 Å². The molecule has 3 saturated carbocycles. The standard InChI is InChI=1S/C21H31N5O2/c1-13-22-19(28-24-13)26-11-21(12-26)7-4-14(8-21)25-9-15-16(10-25)17(15)18(27)23-20(2)5-3-6-20/h14-17H,3-12H2,1-2H3,(H,23,27)/t14?,15-,16+,17?. The number of aryl methyl sites for hydroxylation is 1. The molecule has 2 saturated heterocycles. The smallest absolute Gasteiger partial charge is 0.324 e. The van der Waals surface area contributed by atoms with Crippen LogP contribution >= 0.6 is 0 Å². The normalized spacial score (nSPS) is 37.4. The number of carbonyl (C=O) groups excluding carboxylic acids is 1. The van der Waals surface area contributed by atoms with E-state index in [4.69, 9.17) is 4.52 Å². The summed E-state index contributed by atoms with van der Waals surface area (Å²) in [6.45, 7) is 8.44. The molecule has 1 N–H and O–H groups in total. The van der Waals surface area contributed by atoms with Gasteiger partial charge in [-0.1, -0.05) is 5.16 Å². The largest absolute Gasteiger partial charge is 0.351 e. The quantitative estimate of drug-likeness (QED) is 0.854. The number of hydrogen-bond donors (Lipinski definition) is 1. The van der Waals surface area contributed by atoms with Gasteiger partial charge in [-0.25, -0.2) is 0 Å². The molecule has 5 fully saturated rings. The predicted octanol–water partition coefficient (Wildman–Crippen LogP) is 1.97. The van der Waals surface area contributed by atoms with Gasteiger partial charge in [0.15, 0.2) is 5.82 Å². The highest BCUT2D eigenvalue weighted by Gasteiger charge is 2.62. The van der Waals surface area contributed by atoms with Crippen LogP contribution in [0.3, 0.4) is 0 Å². The van der Waals surface area contributed by atoms with Crippen molar-refractivity contribution in [2.24, 2.45) is 23.2 Å². The summed E-state index contributed by atoms with van der Waals surface area (Å²) >= 11 is 0. The van der Waals surface area contributed by atoms with Crippen molar-refractivity contribution in [3.63, 3.8) is 0 Å². The molecule has 7 heteroatoms. The first-order valence-electron chi connectivity index (χ1n) is 11.1. The molecule has 2 unspecified atom stereocenters. The van der Waals surface area contributed by atoms with Gasteiger partial charge in [0.05, 0.1) is 0 Å². The summed E-state index contributed by atoms with van der Waals surface area (Å²) in [5, 5.41) is 7.25. The zero-order valence-electron chi connectivity index (χ0n) is 17.0. The minimum atomic E-state index is 0.0957. The van der Waals surface area contributed by atoms with Gasteiger partial charge in [-0.15, -0.1) is 0 Å². The van der Waals surface area contributed by atoms with Gasteiger partial charge in [-0.2, -0.15) is 4.98 Å². The minimum Gasteiger partial charge on any atom is -0.351 e. The molecule has 152 valence electrons. The number of fused-ring (bicyclic) bond motifs is 1. The third-order valence-corrected chi connectivity index (χ3v) is 8.44. The number of nitrogens with one attached hydrogen (secondary N) is 1. The van der Waals surface area contributed by atoms with Crippen molar-refractivity contribution in [1.82, 2.24) is 20.4 Å². The number of likely N-dealkylation sites (tertiary alicyclic amines) is 1. The summed E-state index contributed by atoms with van der Waals surface area (Å²) in [5.74, 6) is 2.56. The first-order chi connectivity index (χ1) is 13.4. The van der Waals surface area contributed by atoms with Gasteiger partial charge in [0, 0.05) is 49.1 Å². The number of nitrogens with zero attached hydrogens (tertiary/aromatic N) is 4. The van der Waals surface area contributed by atoms with Crippen molar-refractivity contribution in [3.8, 4) is 0 Å². The Morgan fingerprint density at radius 1 is 1.21 bits per heavy atom. The number of piperidine rings is 1. The lowest BCUT2D eigenvalue weighted by Gasteiger charge is -2.47. The molecule has 3 aliphatic carbocycles. The van der Waals surface area contributed by atoms with E-state index in [0.717, 1.165) is 39.0 Å². The SMILES string of the molecule is Cc1noc(N2CC3(CCC(N4C[C@@H]5C(C(=O)NC6(C)CCC6)[C@@H]5C4)C3)C2)n1. The zero-order chi connectivity index (χ0) is 19.1. The fraction of sp³-hybridized carbons (Fsp3) is 0.857. The molecule has 28 heavy (non-hydrogen) atoms. The predicted molar refractivity (Wildman–Crippen MR) is 104 cm³/mol. The van der Waals surface area contributed by atoms with Crippen molar-refractivity contribution >= 4 is 11.9 Å². The van der Waals surface area contributed by atoms with E-state index < -0.39 is 0 Å². The van der Waals surface area contributed by atoms with E-state index in [2.05, 4.69) is 32.2 Å². The molecule has 0 bridgehead atoms. The Morgan fingerprint density at radius 2 is 1.96 bits per heavy atom.